The molecule has 26 heavy (non-hydrogen) atoms. The fourth-order valence-corrected chi connectivity index (χ4v) is 5.43. The van der Waals surface area contributed by atoms with Crippen LogP contribution in [-0.4, -0.2) is 66.8 Å². The van der Waals surface area contributed by atoms with Crippen molar-refractivity contribution in [1.29, 1.82) is 0 Å². The number of nitrogens with zero attached hydrogens (tertiary/aromatic N) is 1. The van der Waals surface area contributed by atoms with Gasteiger partial charge in [-0.3, -0.25) is 0 Å². The van der Waals surface area contributed by atoms with E-state index in [1.165, 1.54) is 0 Å². The second-order valence-corrected chi connectivity index (χ2v) is 9.22. The molecular weight excluding hydrogens is 338 g/mol. The van der Waals surface area contributed by atoms with E-state index in [1.54, 1.807) is 6.92 Å². The molecule has 4 aliphatic heterocycles. The molecule has 0 aromatic carbocycles. The van der Waals surface area contributed by atoms with Gasteiger partial charge in [-0.05, 0) is 59.0 Å². The lowest BCUT2D eigenvalue weighted by atomic mass is 9.57. The first-order valence-corrected chi connectivity index (χ1v) is 9.88. The van der Waals surface area contributed by atoms with Crippen LogP contribution in [0.1, 0.15) is 46.5 Å². The molecule has 1 spiro atoms. The molecule has 0 amide bonds. The van der Waals surface area contributed by atoms with Crippen molar-refractivity contribution in [3.8, 4) is 0 Å². The van der Waals surface area contributed by atoms with Crippen molar-refractivity contribution >= 4 is 0 Å². The molecule has 5 aliphatic rings. The first-order valence-electron chi connectivity index (χ1n) is 9.88. The van der Waals surface area contributed by atoms with Crippen molar-refractivity contribution in [3.63, 3.8) is 0 Å². The third kappa shape index (κ3) is 2.75. The van der Waals surface area contributed by atoms with E-state index in [1.807, 2.05) is 25.9 Å². The normalized spacial score (nSPS) is 53.4. The number of hydrogen-bond acceptors (Lipinski definition) is 7. The van der Waals surface area contributed by atoms with Gasteiger partial charge in [0, 0.05) is 18.9 Å². The van der Waals surface area contributed by atoms with E-state index < -0.39 is 29.6 Å². The van der Waals surface area contributed by atoms with Crippen molar-refractivity contribution < 1.29 is 29.1 Å². The van der Waals surface area contributed by atoms with Crippen LogP contribution >= 0.6 is 0 Å². The molecule has 4 heterocycles. The third-order valence-corrected chi connectivity index (χ3v) is 6.96. The Hall–Kier alpha value is -0.280. The van der Waals surface area contributed by atoms with Gasteiger partial charge in [0.25, 0.3) is 0 Å². The van der Waals surface area contributed by atoms with Crippen molar-refractivity contribution in [2.24, 2.45) is 17.8 Å². The fraction of sp³-hybridized carbons (Fsp3) is 1.00. The van der Waals surface area contributed by atoms with Gasteiger partial charge in [0.1, 0.15) is 5.60 Å². The van der Waals surface area contributed by atoms with Gasteiger partial charge in [0.15, 0.2) is 18.2 Å². The molecule has 0 radical (unpaired) electrons. The van der Waals surface area contributed by atoms with E-state index in [2.05, 4.69) is 6.92 Å². The predicted molar refractivity (Wildman–Crippen MR) is 92.8 cm³/mol. The maximum Gasteiger partial charge on any atom is 0.201 e. The van der Waals surface area contributed by atoms with Gasteiger partial charge in [-0.2, -0.15) is 0 Å². The molecule has 4 saturated heterocycles. The minimum atomic E-state index is -1.17. The van der Waals surface area contributed by atoms with Crippen LogP contribution < -0.4 is 0 Å². The highest BCUT2D eigenvalue weighted by Crippen LogP contribution is 2.61. The van der Waals surface area contributed by atoms with Crippen LogP contribution in [0.3, 0.4) is 0 Å². The fourth-order valence-electron chi connectivity index (χ4n) is 5.43. The second-order valence-electron chi connectivity index (χ2n) is 9.22. The van der Waals surface area contributed by atoms with Crippen molar-refractivity contribution in [2.45, 2.75) is 76.0 Å². The Bertz CT molecular complexity index is 542. The van der Waals surface area contributed by atoms with Crippen LogP contribution in [0.4, 0.5) is 0 Å². The highest BCUT2D eigenvalue weighted by molar-refractivity contribution is 5.13. The van der Waals surface area contributed by atoms with Crippen molar-refractivity contribution in [2.75, 3.05) is 27.2 Å². The molecule has 0 aromatic heterocycles. The lowest BCUT2D eigenvalue weighted by Gasteiger charge is -2.62. The molecule has 8 atom stereocenters. The summed E-state index contributed by atoms with van der Waals surface area (Å²) < 4.78 is 18.4. The molecule has 150 valence electrons. The summed E-state index contributed by atoms with van der Waals surface area (Å²) in [5.74, 6) is -0.284. The van der Waals surface area contributed by atoms with Crippen molar-refractivity contribution in [3.05, 3.63) is 0 Å². The van der Waals surface area contributed by atoms with Crippen LogP contribution in [0.15, 0.2) is 0 Å². The van der Waals surface area contributed by atoms with Crippen LogP contribution in [0, 0.1) is 17.8 Å². The standard InChI is InChI=1S/C19H33NO6/c1-12-6-7-14-18(3,21)15(22-11-10-20(4)5)23-16-19(14)13(12)8-9-17(2,24-16)25-26-19/h12-16,21H,6-11H2,1-5H3/t12-,13+,14+,15-,16-,17-,18+,19-/m1/s1. The second kappa shape index (κ2) is 6.37. The lowest BCUT2D eigenvalue weighted by molar-refractivity contribution is -0.584. The number of hydrogen-bond donors (Lipinski definition) is 1. The number of rotatable bonds is 4. The van der Waals surface area contributed by atoms with E-state index in [4.69, 9.17) is 24.0 Å². The zero-order valence-corrected chi connectivity index (χ0v) is 16.6. The van der Waals surface area contributed by atoms with E-state index in [9.17, 15) is 5.11 Å². The van der Waals surface area contributed by atoms with Crippen LogP contribution in [0.2, 0.25) is 0 Å². The summed E-state index contributed by atoms with van der Waals surface area (Å²) in [6.45, 7) is 7.20. The van der Waals surface area contributed by atoms with Crippen LogP contribution in [0.25, 0.3) is 0 Å². The summed E-state index contributed by atoms with van der Waals surface area (Å²) in [6.07, 6.45) is 2.24. The van der Waals surface area contributed by atoms with Gasteiger partial charge in [-0.1, -0.05) is 6.92 Å². The van der Waals surface area contributed by atoms with Crippen molar-refractivity contribution in [1.82, 2.24) is 4.90 Å². The maximum absolute atomic E-state index is 11.5. The lowest BCUT2D eigenvalue weighted by Crippen LogP contribution is -2.75. The Morgan fingerprint density at radius 1 is 1.15 bits per heavy atom. The molecule has 1 aliphatic carbocycles. The van der Waals surface area contributed by atoms with E-state index in [0.717, 1.165) is 32.2 Å². The zero-order valence-electron chi connectivity index (χ0n) is 16.6. The van der Waals surface area contributed by atoms with Gasteiger partial charge in [0.2, 0.25) is 5.79 Å². The minimum absolute atomic E-state index is 0.165. The summed E-state index contributed by atoms with van der Waals surface area (Å²) in [7, 11) is 3.98. The molecule has 5 fully saturated rings. The van der Waals surface area contributed by atoms with Gasteiger partial charge in [0.05, 0.1) is 6.61 Å². The van der Waals surface area contributed by atoms with E-state index >= 15 is 0 Å². The molecule has 5 rings (SSSR count). The molecule has 0 unspecified atom stereocenters. The van der Waals surface area contributed by atoms with E-state index in [-0.39, 0.29) is 11.8 Å². The number of fused-ring (bicyclic) bond motifs is 2. The Morgan fingerprint density at radius 3 is 2.65 bits per heavy atom. The summed E-state index contributed by atoms with van der Waals surface area (Å²) in [5, 5.41) is 11.5. The Balaban J connectivity index is 1.66. The topological polar surface area (TPSA) is 69.6 Å². The molecule has 7 heteroatoms. The molecule has 1 N–H and O–H groups in total. The van der Waals surface area contributed by atoms with Gasteiger partial charge in [-0.15, -0.1) is 0 Å². The first kappa shape index (κ1) is 19.1. The molecular formula is C19H33NO6. The number of likely N-dealkylation sites (N-methyl/N-ethyl adjacent to an activating group) is 1. The van der Waals surface area contributed by atoms with E-state index in [0.29, 0.717) is 12.5 Å². The molecule has 1 saturated carbocycles. The highest BCUT2D eigenvalue weighted by Gasteiger charge is 2.73. The Labute approximate surface area is 155 Å². The average molecular weight is 371 g/mol. The highest BCUT2D eigenvalue weighted by atomic mass is 17.3. The maximum atomic E-state index is 11.5. The Kier molecular flexibility index (Phi) is 4.67. The van der Waals surface area contributed by atoms with Crippen LogP contribution in [-0.2, 0) is 24.0 Å². The monoisotopic (exact) mass is 371 g/mol. The summed E-state index contributed by atoms with van der Waals surface area (Å²) >= 11 is 0. The number of aliphatic hydroxyl groups is 1. The van der Waals surface area contributed by atoms with Gasteiger partial charge >= 0.3 is 0 Å². The number of ether oxygens (including phenoxy) is 3. The average Bonchev–Trinajstić information content (AvgIpc) is 2.78. The predicted octanol–water partition coefficient (Wildman–Crippen LogP) is 1.89. The Morgan fingerprint density at radius 2 is 1.92 bits per heavy atom. The summed E-state index contributed by atoms with van der Waals surface area (Å²) in [6, 6.07) is 0. The molecule has 7 nitrogen and oxygen atoms in total. The minimum Gasteiger partial charge on any atom is -0.384 e. The quantitative estimate of drug-likeness (QED) is 0.757. The van der Waals surface area contributed by atoms with Gasteiger partial charge < -0.3 is 24.2 Å². The van der Waals surface area contributed by atoms with Gasteiger partial charge in [-0.25, -0.2) is 9.78 Å². The zero-order chi connectivity index (χ0) is 18.7. The largest absolute Gasteiger partial charge is 0.384 e. The summed E-state index contributed by atoms with van der Waals surface area (Å²) in [5.41, 5.74) is -1.95. The molecule has 2 bridgehead atoms. The third-order valence-electron chi connectivity index (χ3n) is 6.96. The SMILES string of the molecule is C[C@@H]1CC[C@H]2[C@](C)(O)[C@H](OCCN(C)C)O[C@@H]3O[C@@]4(C)CC[C@@H]1[C@]32OO4. The summed E-state index contributed by atoms with van der Waals surface area (Å²) in [4.78, 5) is 13.8. The van der Waals surface area contributed by atoms with Crippen LogP contribution in [0.5, 0.6) is 0 Å². The smallest absolute Gasteiger partial charge is 0.201 e. The molecule has 0 aromatic rings. The first-order chi connectivity index (χ1) is 12.2.